The van der Waals surface area contributed by atoms with E-state index >= 15 is 0 Å². The van der Waals surface area contributed by atoms with Crippen LogP contribution in [-0.2, 0) is 4.79 Å². The monoisotopic (exact) mass is 314 g/mol. The first-order valence-electron chi connectivity index (χ1n) is 7.90. The van der Waals surface area contributed by atoms with Gasteiger partial charge in [0.2, 0.25) is 0 Å². The van der Waals surface area contributed by atoms with Crippen LogP contribution in [0, 0.1) is 5.82 Å². The summed E-state index contributed by atoms with van der Waals surface area (Å²) < 4.78 is 12.9. The topological polar surface area (TPSA) is 36.8 Å². The summed E-state index contributed by atoms with van der Waals surface area (Å²) in [5, 5.41) is 2.82. The van der Waals surface area contributed by atoms with Crippen molar-refractivity contribution in [3.8, 4) is 0 Å². The molecule has 0 radical (unpaired) electrons. The molecular weight excluding hydrogens is 293 g/mol. The number of benzene rings is 2. The molecule has 1 fully saturated rings. The normalized spacial score (nSPS) is 15.4. The summed E-state index contributed by atoms with van der Waals surface area (Å²) in [7, 11) is 0. The highest BCUT2D eigenvalue weighted by atomic mass is 19.1. The first-order valence-corrected chi connectivity index (χ1v) is 7.90. The van der Waals surface area contributed by atoms with Crippen molar-refractivity contribution in [3.05, 3.63) is 60.4 Å². The zero-order valence-electron chi connectivity index (χ0n) is 13.0. The van der Waals surface area contributed by atoms with E-state index in [1.54, 1.807) is 12.1 Å². The minimum absolute atomic E-state index is 0.0280. The van der Waals surface area contributed by atoms with Crippen LogP contribution in [0.5, 0.6) is 0 Å². The van der Waals surface area contributed by atoms with E-state index in [1.807, 2.05) is 18.2 Å². The van der Waals surface area contributed by atoms with Crippen LogP contribution in [0.3, 0.4) is 0 Å². The Morgan fingerprint density at radius 1 is 1.04 bits per heavy atom. The molecule has 0 bridgehead atoms. The molecule has 4 nitrogen and oxygen atoms in total. The predicted molar refractivity (Wildman–Crippen MR) is 89.2 cm³/mol. The van der Waals surface area contributed by atoms with Crippen LogP contribution in [0.4, 0.5) is 15.8 Å². The Bertz CT molecular complexity index is 637. The van der Waals surface area contributed by atoms with Crippen molar-refractivity contribution in [1.82, 2.24) is 0 Å². The number of hydrogen-bond acceptors (Lipinski definition) is 2. The number of rotatable bonds is 4. The molecule has 1 amide bonds. The number of carbonyl (C=O) groups excluding carboxylic acids is 1. The summed E-state index contributed by atoms with van der Waals surface area (Å²) in [4.78, 5) is 15.7. The summed E-state index contributed by atoms with van der Waals surface area (Å²) in [5.41, 5.74) is 1.88. The van der Waals surface area contributed by atoms with Gasteiger partial charge in [0.05, 0.1) is 26.2 Å². The molecule has 1 aliphatic rings. The average Bonchev–Trinajstić information content (AvgIpc) is 2.58. The molecule has 0 spiro atoms. The lowest BCUT2D eigenvalue weighted by Gasteiger charge is -2.33. The third-order valence-electron chi connectivity index (χ3n) is 4.13. The quantitative estimate of drug-likeness (QED) is 0.889. The van der Waals surface area contributed by atoms with Crippen molar-refractivity contribution >= 4 is 17.3 Å². The standard InChI is InChI=1S/C18H20FN3O/c19-15-6-8-16(9-7-15)20-18(23)14-21-10-12-22(13-11-21)17-4-2-1-3-5-17/h1-9H,10-14H2,(H,20,23)/p+1. The Kier molecular flexibility index (Phi) is 4.88. The van der Waals surface area contributed by atoms with Gasteiger partial charge in [0.1, 0.15) is 5.82 Å². The van der Waals surface area contributed by atoms with Gasteiger partial charge in [-0.3, -0.25) is 4.79 Å². The lowest BCUT2D eigenvalue weighted by Crippen LogP contribution is -3.15. The number of halogens is 1. The number of para-hydroxylation sites is 1. The molecular formula is C18H21FN3O+. The Balaban J connectivity index is 1.47. The maximum atomic E-state index is 12.9. The van der Waals surface area contributed by atoms with Crippen molar-refractivity contribution in [2.45, 2.75) is 0 Å². The summed E-state index contributed by atoms with van der Waals surface area (Å²) in [6.45, 7) is 4.21. The number of anilines is 2. The zero-order valence-corrected chi connectivity index (χ0v) is 13.0. The van der Waals surface area contributed by atoms with Crippen LogP contribution >= 0.6 is 0 Å². The minimum atomic E-state index is -0.300. The molecule has 2 aromatic rings. The minimum Gasteiger partial charge on any atom is -0.360 e. The molecule has 0 atom stereocenters. The van der Waals surface area contributed by atoms with Crippen molar-refractivity contribution in [3.63, 3.8) is 0 Å². The fourth-order valence-electron chi connectivity index (χ4n) is 2.86. The van der Waals surface area contributed by atoms with Crippen LogP contribution < -0.4 is 15.1 Å². The molecule has 23 heavy (non-hydrogen) atoms. The van der Waals surface area contributed by atoms with Crippen molar-refractivity contribution < 1.29 is 14.1 Å². The smallest absolute Gasteiger partial charge is 0.279 e. The number of piperazine rings is 1. The van der Waals surface area contributed by atoms with Gasteiger partial charge in [-0.25, -0.2) is 4.39 Å². The van der Waals surface area contributed by atoms with Gasteiger partial charge >= 0.3 is 0 Å². The number of carbonyl (C=O) groups is 1. The molecule has 0 saturated carbocycles. The Morgan fingerprint density at radius 3 is 2.35 bits per heavy atom. The predicted octanol–water partition coefficient (Wildman–Crippen LogP) is 1.17. The molecule has 1 saturated heterocycles. The van der Waals surface area contributed by atoms with E-state index in [2.05, 4.69) is 22.3 Å². The lowest BCUT2D eigenvalue weighted by molar-refractivity contribution is -0.892. The molecule has 2 aromatic carbocycles. The van der Waals surface area contributed by atoms with E-state index in [0.29, 0.717) is 12.2 Å². The largest absolute Gasteiger partial charge is 0.360 e. The Labute approximate surface area is 135 Å². The summed E-state index contributed by atoms with van der Waals surface area (Å²) in [6, 6.07) is 16.2. The number of quaternary nitrogens is 1. The Hall–Kier alpha value is -2.40. The molecule has 1 aliphatic heterocycles. The molecule has 3 rings (SSSR count). The molecule has 0 aromatic heterocycles. The number of nitrogens with zero attached hydrogens (tertiary/aromatic N) is 1. The van der Waals surface area contributed by atoms with Crippen LogP contribution in [-0.4, -0.2) is 38.6 Å². The third kappa shape index (κ3) is 4.29. The SMILES string of the molecule is O=C(C[NH+]1CCN(c2ccccc2)CC1)Nc1ccc(F)cc1. The fraction of sp³-hybridized carbons (Fsp3) is 0.278. The van der Waals surface area contributed by atoms with Crippen LogP contribution in [0.1, 0.15) is 0 Å². The van der Waals surface area contributed by atoms with Gasteiger partial charge in [0.15, 0.2) is 6.54 Å². The number of nitrogens with one attached hydrogen (secondary N) is 2. The van der Waals surface area contributed by atoms with Crippen molar-refractivity contribution in [2.75, 3.05) is 42.9 Å². The third-order valence-corrected chi connectivity index (χ3v) is 4.13. The van der Waals surface area contributed by atoms with Gasteiger partial charge in [0.25, 0.3) is 5.91 Å². The average molecular weight is 314 g/mol. The highest BCUT2D eigenvalue weighted by Gasteiger charge is 2.22. The van der Waals surface area contributed by atoms with Gasteiger partial charge in [-0.2, -0.15) is 0 Å². The maximum Gasteiger partial charge on any atom is 0.279 e. The van der Waals surface area contributed by atoms with Gasteiger partial charge < -0.3 is 15.1 Å². The highest BCUT2D eigenvalue weighted by Crippen LogP contribution is 2.12. The maximum absolute atomic E-state index is 12.9. The van der Waals surface area contributed by atoms with E-state index in [1.165, 1.54) is 22.7 Å². The van der Waals surface area contributed by atoms with Crippen LogP contribution in [0.15, 0.2) is 54.6 Å². The first-order chi connectivity index (χ1) is 11.2. The van der Waals surface area contributed by atoms with Gasteiger partial charge in [-0.15, -0.1) is 0 Å². The van der Waals surface area contributed by atoms with Crippen LogP contribution in [0.25, 0.3) is 0 Å². The van der Waals surface area contributed by atoms with Crippen molar-refractivity contribution in [2.24, 2.45) is 0 Å². The number of hydrogen-bond donors (Lipinski definition) is 2. The molecule has 120 valence electrons. The van der Waals surface area contributed by atoms with Crippen molar-refractivity contribution in [1.29, 1.82) is 0 Å². The van der Waals surface area contributed by atoms with E-state index in [0.717, 1.165) is 26.2 Å². The molecule has 1 heterocycles. The van der Waals surface area contributed by atoms with Gasteiger partial charge in [-0.05, 0) is 36.4 Å². The first kappa shape index (κ1) is 15.5. The molecule has 5 heteroatoms. The van der Waals surface area contributed by atoms with Gasteiger partial charge in [0, 0.05) is 11.4 Å². The summed E-state index contributed by atoms with van der Waals surface area (Å²) in [5.74, 6) is -0.328. The second-order valence-electron chi connectivity index (χ2n) is 5.80. The number of amides is 1. The van der Waals surface area contributed by atoms with Crippen LogP contribution in [0.2, 0.25) is 0 Å². The summed E-state index contributed by atoms with van der Waals surface area (Å²) >= 11 is 0. The second kappa shape index (κ2) is 7.24. The second-order valence-corrected chi connectivity index (χ2v) is 5.80. The lowest BCUT2D eigenvalue weighted by atomic mass is 10.2. The molecule has 0 aliphatic carbocycles. The van der Waals surface area contributed by atoms with E-state index in [9.17, 15) is 9.18 Å². The fourth-order valence-corrected chi connectivity index (χ4v) is 2.86. The highest BCUT2D eigenvalue weighted by molar-refractivity contribution is 5.91. The Morgan fingerprint density at radius 2 is 1.70 bits per heavy atom. The van der Waals surface area contributed by atoms with E-state index in [4.69, 9.17) is 0 Å². The van der Waals surface area contributed by atoms with Gasteiger partial charge in [-0.1, -0.05) is 18.2 Å². The zero-order chi connectivity index (χ0) is 16.1. The summed E-state index contributed by atoms with van der Waals surface area (Å²) in [6.07, 6.45) is 0. The molecule has 0 unspecified atom stereocenters. The van der Waals surface area contributed by atoms with E-state index < -0.39 is 0 Å². The van der Waals surface area contributed by atoms with E-state index in [-0.39, 0.29) is 11.7 Å². The molecule has 2 N–H and O–H groups in total.